The molecule has 0 saturated heterocycles. The van der Waals surface area contributed by atoms with Crippen LogP contribution >= 0.6 is 0 Å². The number of aryl methyl sites for hydroxylation is 2. The Kier molecular flexibility index (Phi) is 2.24. The van der Waals surface area contributed by atoms with Gasteiger partial charge in [-0.05, 0) is 32.8 Å². The lowest BCUT2D eigenvalue weighted by molar-refractivity contribution is 0.0785. The standard InChI is InChI=1S/C12H14N2O/c1-8-6-11(12(15-3)4-5-12)10(7-13)9(2)14-8/h6H,4-5H2,1-3H3. The minimum absolute atomic E-state index is 0.205. The lowest BCUT2D eigenvalue weighted by Crippen LogP contribution is -2.13. The number of hydrogen-bond donors (Lipinski definition) is 0. The van der Waals surface area contributed by atoms with Crippen LogP contribution in [0.3, 0.4) is 0 Å². The summed E-state index contributed by atoms with van der Waals surface area (Å²) in [6.07, 6.45) is 2.00. The van der Waals surface area contributed by atoms with Gasteiger partial charge in [-0.2, -0.15) is 5.26 Å². The fraction of sp³-hybridized carbons (Fsp3) is 0.500. The highest BCUT2D eigenvalue weighted by Gasteiger charge is 2.46. The van der Waals surface area contributed by atoms with Gasteiger partial charge in [0.15, 0.2) is 0 Å². The molecule has 1 aromatic heterocycles. The van der Waals surface area contributed by atoms with Crippen molar-refractivity contribution in [2.24, 2.45) is 0 Å². The van der Waals surface area contributed by atoms with Gasteiger partial charge in [0.05, 0.1) is 16.9 Å². The summed E-state index contributed by atoms with van der Waals surface area (Å²) < 4.78 is 5.51. The quantitative estimate of drug-likeness (QED) is 0.738. The number of rotatable bonds is 2. The molecule has 1 fully saturated rings. The van der Waals surface area contributed by atoms with Crippen LogP contribution in [0.4, 0.5) is 0 Å². The molecule has 0 aliphatic heterocycles. The molecular weight excluding hydrogens is 188 g/mol. The van der Waals surface area contributed by atoms with Crippen molar-refractivity contribution >= 4 is 0 Å². The first-order chi connectivity index (χ1) is 7.13. The first kappa shape index (κ1) is 10.1. The van der Waals surface area contributed by atoms with Crippen molar-refractivity contribution in [2.75, 3.05) is 7.11 Å². The highest BCUT2D eigenvalue weighted by atomic mass is 16.5. The minimum atomic E-state index is -0.205. The van der Waals surface area contributed by atoms with Crippen molar-refractivity contribution in [3.63, 3.8) is 0 Å². The Morgan fingerprint density at radius 3 is 2.60 bits per heavy atom. The Balaban J connectivity index is 2.60. The predicted molar refractivity (Wildman–Crippen MR) is 56.3 cm³/mol. The zero-order valence-electron chi connectivity index (χ0n) is 9.29. The Morgan fingerprint density at radius 1 is 1.47 bits per heavy atom. The van der Waals surface area contributed by atoms with Gasteiger partial charge >= 0.3 is 0 Å². The molecule has 1 saturated carbocycles. The summed E-state index contributed by atoms with van der Waals surface area (Å²) in [5.74, 6) is 0. The molecule has 0 aromatic carbocycles. The van der Waals surface area contributed by atoms with Crippen molar-refractivity contribution in [1.82, 2.24) is 4.98 Å². The maximum absolute atomic E-state index is 9.13. The third-order valence-electron chi connectivity index (χ3n) is 3.03. The second-order valence-corrected chi connectivity index (χ2v) is 4.08. The van der Waals surface area contributed by atoms with Gasteiger partial charge in [-0.1, -0.05) is 0 Å². The second kappa shape index (κ2) is 3.32. The van der Waals surface area contributed by atoms with Gasteiger partial charge in [0, 0.05) is 18.4 Å². The van der Waals surface area contributed by atoms with Crippen LogP contribution in [0.15, 0.2) is 6.07 Å². The highest BCUT2D eigenvalue weighted by molar-refractivity contribution is 5.47. The van der Waals surface area contributed by atoms with Crippen LogP contribution in [-0.2, 0) is 10.3 Å². The average Bonchev–Trinajstić information content (AvgIpc) is 2.97. The van der Waals surface area contributed by atoms with Crippen molar-refractivity contribution < 1.29 is 4.74 Å². The van der Waals surface area contributed by atoms with Crippen LogP contribution in [-0.4, -0.2) is 12.1 Å². The van der Waals surface area contributed by atoms with Crippen molar-refractivity contribution in [3.05, 3.63) is 28.6 Å². The zero-order chi connectivity index (χ0) is 11.1. The van der Waals surface area contributed by atoms with E-state index in [0.717, 1.165) is 29.8 Å². The summed E-state index contributed by atoms with van der Waals surface area (Å²) in [6.45, 7) is 3.82. The number of pyridine rings is 1. The maximum atomic E-state index is 9.13. The van der Waals surface area contributed by atoms with Crippen LogP contribution < -0.4 is 0 Å². The summed E-state index contributed by atoms with van der Waals surface area (Å²) in [5.41, 5.74) is 3.24. The molecule has 3 nitrogen and oxygen atoms in total. The van der Waals surface area contributed by atoms with Gasteiger partial charge in [-0.25, -0.2) is 0 Å². The molecule has 0 unspecified atom stereocenters. The van der Waals surface area contributed by atoms with E-state index >= 15 is 0 Å². The van der Waals surface area contributed by atoms with E-state index in [1.165, 1.54) is 0 Å². The number of hydrogen-bond acceptors (Lipinski definition) is 3. The number of nitriles is 1. The van der Waals surface area contributed by atoms with Crippen molar-refractivity contribution in [1.29, 1.82) is 5.26 Å². The molecule has 78 valence electrons. The highest BCUT2D eigenvalue weighted by Crippen LogP contribution is 2.50. The van der Waals surface area contributed by atoms with Gasteiger partial charge in [0.2, 0.25) is 0 Å². The molecule has 3 heteroatoms. The van der Waals surface area contributed by atoms with Crippen molar-refractivity contribution in [2.45, 2.75) is 32.3 Å². The molecule has 0 atom stereocenters. The predicted octanol–water partition coefficient (Wildman–Crippen LogP) is 2.21. The van der Waals surface area contributed by atoms with Crippen LogP contribution in [0.1, 0.15) is 35.4 Å². The van der Waals surface area contributed by atoms with E-state index in [9.17, 15) is 0 Å². The largest absolute Gasteiger partial charge is 0.373 e. The first-order valence-electron chi connectivity index (χ1n) is 5.07. The third-order valence-corrected chi connectivity index (χ3v) is 3.03. The van der Waals surface area contributed by atoms with Gasteiger partial charge in [-0.3, -0.25) is 4.98 Å². The summed E-state index contributed by atoms with van der Waals surface area (Å²) in [6, 6.07) is 4.20. The van der Waals surface area contributed by atoms with E-state index in [-0.39, 0.29) is 5.60 Å². The van der Waals surface area contributed by atoms with Crippen LogP contribution in [0.2, 0.25) is 0 Å². The molecule has 1 aliphatic carbocycles. The summed E-state index contributed by atoms with van der Waals surface area (Å²) in [4.78, 5) is 4.30. The zero-order valence-corrected chi connectivity index (χ0v) is 9.29. The smallest absolute Gasteiger partial charge is 0.101 e. The Bertz CT molecular complexity index is 442. The molecule has 1 aliphatic rings. The Hall–Kier alpha value is -1.40. The second-order valence-electron chi connectivity index (χ2n) is 4.08. The van der Waals surface area contributed by atoms with Crippen LogP contribution in [0, 0.1) is 25.2 Å². The lowest BCUT2D eigenvalue weighted by atomic mass is 10.00. The lowest BCUT2D eigenvalue weighted by Gasteiger charge is -2.16. The Labute approximate surface area is 89.7 Å². The molecule has 15 heavy (non-hydrogen) atoms. The Morgan fingerprint density at radius 2 is 2.13 bits per heavy atom. The summed E-state index contributed by atoms with van der Waals surface area (Å²) in [7, 11) is 1.71. The monoisotopic (exact) mass is 202 g/mol. The van der Waals surface area contributed by atoms with E-state index in [0.29, 0.717) is 5.56 Å². The molecule has 0 radical (unpaired) electrons. The molecular formula is C12H14N2O. The van der Waals surface area contributed by atoms with E-state index in [1.54, 1.807) is 7.11 Å². The maximum Gasteiger partial charge on any atom is 0.101 e. The van der Waals surface area contributed by atoms with Crippen LogP contribution in [0.25, 0.3) is 0 Å². The van der Waals surface area contributed by atoms with Gasteiger partial charge in [0.25, 0.3) is 0 Å². The number of aromatic nitrogens is 1. The number of methoxy groups -OCH3 is 1. The van der Waals surface area contributed by atoms with Gasteiger partial charge in [0.1, 0.15) is 6.07 Å². The van der Waals surface area contributed by atoms with Crippen molar-refractivity contribution in [3.8, 4) is 6.07 Å². The van der Waals surface area contributed by atoms with Gasteiger partial charge in [-0.15, -0.1) is 0 Å². The number of ether oxygens (including phenoxy) is 1. The van der Waals surface area contributed by atoms with E-state index in [1.807, 2.05) is 19.9 Å². The van der Waals surface area contributed by atoms with E-state index in [4.69, 9.17) is 10.00 Å². The van der Waals surface area contributed by atoms with Gasteiger partial charge < -0.3 is 4.74 Å². The number of nitrogens with zero attached hydrogens (tertiary/aromatic N) is 2. The first-order valence-corrected chi connectivity index (χ1v) is 5.07. The topological polar surface area (TPSA) is 45.9 Å². The molecule has 0 N–H and O–H groups in total. The van der Waals surface area contributed by atoms with E-state index in [2.05, 4.69) is 11.1 Å². The van der Waals surface area contributed by atoms with Crippen LogP contribution in [0.5, 0.6) is 0 Å². The molecule has 0 bridgehead atoms. The molecule has 2 rings (SSSR count). The molecule has 0 amide bonds. The fourth-order valence-electron chi connectivity index (χ4n) is 2.03. The summed E-state index contributed by atoms with van der Waals surface area (Å²) in [5, 5.41) is 9.13. The normalized spacial score (nSPS) is 17.2. The minimum Gasteiger partial charge on any atom is -0.373 e. The van der Waals surface area contributed by atoms with E-state index < -0.39 is 0 Å². The molecule has 1 heterocycles. The third kappa shape index (κ3) is 1.51. The summed E-state index contributed by atoms with van der Waals surface area (Å²) >= 11 is 0. The average molecular weight is 202 g/mol. The molecule has 1 aromatic rings. The fourth-order valence-corrected chi connectivity index (χ4v) is 2.03. The molecule has 0 spiro atoms. The SMILES string of the molecule is COC1(c2cc(C)nc(C)c2C#N)CC1.